The summed E-state index contributed by atoms with van der Waals surface area (Å²) in [6.45, 7) is -0.101. The number of aliphatic hydroxyl groups is 2. The lowest BCUT2D eigenvalue weighted by molar-refractivity contribution is -0.870. The fourth-order valence-electron chi connectivity index (χ4n) is 1.65. The summed E-state index contributed by atoms with van der Waals surface area (Å²) in [7, 11) is 5.62. The number of carbonyl (C=O) groups is 4. The molecule has 0 aromatic carbocycles. The minimum Gasteiger partial charge on any atom is -0.479 e. The number of aliphatic hydroxyl groups excluding tert-OH is 2. The number of rotatable bonds is 14. The predicted octanol–water partition coefficient (Wildman–Crippen LogP) is -1.51. The normalized spacial score (nSPS) is 14.3. The van der Waals surface area contributed by atoms with Crippen LogP contribution < -0.4 is 0 Å². The second kappa shape index (κ2) is 13.8. The Bertz CT molecular complexity index is 574. The highest BCUT2D eigenvalue weighted by Gasteiger charge is 2.28. The molecule has 3 unspecified atom stereocenters. The van der Waals surface area contributed by atoms with Gasteiger partial charge in [-0.1, -0.05) is 6.92 Å². The Labute approximate surface area is 173 Å². The smallest absolute Gasteiger partial charge is 0.479 e. The molecule has 0 aromatic rings. The zero-order valence-electron chi connectivity index (χ0n) is 17.4. The zero-order valence-corrected chi connectivity index (χ0v) is 17.4. The molecule has 0 rings (SSSR count). The SMILES string of the molecule is CCC(OC(=O)COC(=O)OC(=O)C(OCC[N+](C)(C)C)OCC(O)CO)C(=O)O. The molecule has 0 aliphatic heterocycles. The Hall–Kier alpha value is -2.32. The molecule has 3 atom stereocenters. The van der Waals surface area contributed by atoms with Crippen LogP contribution in [0.2, 0.25) is 0 Å². The number of hydrogen-bond acceptors (Lipinski definition) is 11. The van der Waals surface area contributed by atoms with E-state index in [-0.39, 0.29) is 13.0 Å². The van der Waals surface area contributed by atoms with Crippen LogP contribution in [0.1, 0.15) is 13.3 Å². The van der Waals surface area contributed by atoms with Crippen molar-refractivity contribution in [2.45, 2.75) is 31.8 Å². The fourth-order valence-corrected chi connectivity index (χ4v) is 1.65. The number of likely N-dealkylation sites (N-methyl/N-ethyl adjacent to an activating group) is 1. The average molecular weight is 440 g/mol. The van der Waals surface area contributed by atoms with Gasteiger partial charge < -0.3 is 43.5 Å². The lowest BCUT2D eigenvalue weighted by atomic mass is 10.3. The van der Waals surface area contributed by atoms with Gasteiger partial charge in [0, 0.05) is 0 Å². The van der Waals surface area contributed by atoms with Gasteiger partial charge in [-0.15, -0.1) is 0 Å². The molecule has 0 aliphatic rings. The van der Waals surface area contributed by atoms with Crippen molar-refractivity contribution < 1.29 is 62.7 Å². The largest absolute Gasteiger partial charge is 0.516 e. The summed E-state index contributed by atoms with van der Waals surface area (Å²) in [6, 6.07) is 0. The summed E-state index contributed by atoms with van der Waals surface area (Å²) in [6.07, 6.45) is -5.94. The average Bonchev–Trinajstić information content (AvgIpc) is 2.65. The number of carbonyl (C=O) groups excluding carboxylic acids is 3. The van der Waals surface area contributed by atoms with E-state index < -0.39 is 62.4 Å². The number of aliphatic carboxylic acids is 1. The highest BCUT2D eigenvalue weighted by Crippen LogP contribution is 2.04. The minimum atomic E-state index is -1.70. The van der Waals surface area contributed by atoms with Crippen LogP contribution in [-0.2, 0) is 38.1 Å². The molecular weight excluding hydrogens is 410 g/mol. The van der Waals surface area contributed by atoms with Crippen molar-refractivity contribution in [1.29, 1.82) is 0 Å². The number of nitrogens with zero attached hydrogens (tertiary/aromatic N) is 1. The monoisotopic (exact) mass is 440 g/mol. The summed E-state index contributed by atoms with van der Waals surface area (Å²) < 4.78 is 24.1. The van der Waals surface area contributed by atoms with Crippen molar-refractivity contribution in [3.8, 4) is 0 Å². The number of ether oxygens (including phenoxy) is 5. The molecule has 0 amide bonds. The van der Waals surface area contributed by atoms with Gasteiger partial charge in [0.15, 0.2) is 12.7 Å². The molecule has 13 heteroatoms. The lowest BCUT2D eigenvalue weighted by Crippen LogP contribution is -2.41. The number of quaternary nitrogens is 1. The van der Waals surface area contributed by atoms with Crippen molar-refractivity contribution in [2.24, 2.45) is 0 Å². The quantitative estimate of drug-likeness (QED) is 0.123. The Morgan fingerprint density at radius 1 is 1.07 bits per heavy atom. The van der Waals surface area contributed by atoms with Crippen LogP contribution in [0.25, 0.3) is 0 Å². The Kier molecular flexibility index (Phi) is 12.8. The van der Waals surface area contributed by atoms with Gasteiger partial charge >= 0.3 is 24.1 Å². The van der Waals surface area contributed by atoms with Crippen molar-refractivity contribution in [3.05, 3.63) is 0 Å². The molecule has 174 valence electrons. The van der Waals surface area contributed by atoms with E-state index >= 15 is 0 Å². The summed E-state index contributed by atoms with van der Waals surface area (Å²) in [5, 5.41) is 26.9. The molecule has 0 fully saturated rings. The predicted molar refractivity (Wildman–Crippen MR) is 96.9 cm³/mol. The molecule has 0 radical (unpaired) electrons. The second-order valence-electron chi connectivity index (χ2n) is 7.07. The van der Waals surface area contributed by atoms with Crippen LogP contribution >= 0.6 is 0 Å². The highest BCUT2D eigenvalue weighted by molar-refractivity contribution is 5.85. The first-order valence-electron chi connectivity index (χ1n) is 9.02. The van der Waals surface area contributed by atoms with E-state index in [1.54, 1.807) is 0 Å². The first-order valence-corrected chi connectivity index (χ1v) is 9.02. The van der Waals surface area contributed by atoms with Crippen LogP contribution in [0.15, 0.2) is 0 Å². The van der Waals surface area contributed by atoms with Gasteiger partial charge in [0.1, 0.15) is 12.6 Å². The summed E-state index contributed by atoms with van der Waals surface area (Å²) in [5.74, 6) is -3.82. The number of carboxylic acids is 1. The van der Waals surface area contributed by atoms with E-state index in [9.17, 15) is 24.3 Å². The molecule has 0 saturated heterocycles. The highest BCUT2D eigenvalue weighted by atomic mass is 16.8. The van der Waals surface area contributed by atoms with Crippen LogP contribution in [0.4, 0.5) is 4.79 Å². The minimum absolute atomic E-state index is 0.00728. The molecule has 0 heterocycles. The first kappa shape index (κ1) is 27.7. The Balaban J connectivity index is 4.65. The van der Waals surface area contributed by atoms with Crippen molar-refractivity contribution in [2.75, 3.05) is 54.1 Å². The van der Waals surface area contributed by atoms with Gasteiger partial charge in [0.05, 0.1) is 41.0 Å². The molecule has 0 bridgehead atoms. The van der Waals surface area contributed by atoms with E-state index in [2.05, 4.69) is 14.2 Å². The van der Waals surface area contributed by atoms with Crippen LogP contribution in [0.5, 0.6) is 0 Å². The molecule has 3 N–H and O–H groups in total. The van der Waals surface area contributed by atoms with E-state index in [1.807, 2.05) is 21.1 Å². The molecule has 30 heavy (non-hydrogen) atoms. The van der Waals surface area contributed by atoms with Gasteiger partial charge in [-0.2, -0.15) is 0 Å². The third-order valence-corrected chi connectivity index (χ3v) is 3.29. The maximum Gasteiger partial charge on any atom is 0.516 e. The molecule has 0 saturated carbocycles. The molecular formula is C17H30NO12+. The number of carboxylic acid groups (broad SMARTS) is 1. The topological polar surface area (TPSA) is 175 Å². The summed E-state index contributed by atoms with van der Waals surface area (Å²) >= 11 is 0. The second-order valence-corrected chi connectivity index (χ2v) is 7.07. The maximum atomic E-state index is 12.1. The Morgan fingerprint density at radius 3 is 2.20 bits per heavy atom. The van der Waals surface area contributed by atoms with Crippen LogP contribution in [0, 0.1) is 0 Å². The molecule has 13 nitrogen and oxygen atoms in total. The van der Waals surface area contributed by atoms with E-state index in [4.69, 9.17) is 19.7 Å². The molecule has 0 aliphatic carbocycles. The third-order valence-electron chi connectivity index (χ3n) is 3.29. The number of hydrogen-bond donors (Lipinski definition) is 3. The Morgan fingerprint density at radius 2 is 1.70 bits per heavy atom. The molecule has 0 spiro atoms. The van der Waals surface area contributed by atoms with Crippen LogP contribution in [-0.4, -0.2) is 116 Å². The lowest BCUT2D eigenvalue weighted by Gasteiger charge is -2.25. The number of esters is 2. The summed E-state index contributed by atoms with van der Waals surface area (Å²) in [5.41, 5.74) is 0. The standard InChI is InChI=1S/C17H29NO12/c1-5-12(14(22)23)29-13(21)10-28-17(25)30-15(24)16(27-9-11(20)8-19)26-7-6-18(2,3)4/h11-12,16,19-20H,5-10H2,1-4H3/p+1. The van der Waals surface area contributed by atoms with Crippen LogP contribution in [0.3, 0.4) is 0 Å². The van der Waals surface area contributed by atoms with E-state index in [0.717, 1.165) is 0 Å². The van der Waals surface area contributed by atoms with Gasteiger partial charge in [0.2, 0.25) is 0 Å². The van der Waals surface area contributed by atoms with Gasteiger partial charge in [-0.05, 0) is 6.42 Å². The fraction of sp³-hybridized carbons (Fsp3) is 0.765. The maximum absolute atomic E-state index is 12.1. The molecule has 0 aromatic heterocycles. The van der Waals surface area contributed by atoms with E-state index in [0.29, 0.717) is 11.0 Å². The zero-order chi connectivity index (χ0) is 23.3. The summed E-state index contributed by atoms with van der Waals surface area (Å²) in [4.78, 5) is 45.9. The van der Waals surface area contributed by atoms with Crippen molar-refractivity contribution in [3.63, 3.8) is 0 Å². The van der Waals surface area contributed by atoms with Gasteiger partial charge in [0.25, 0.3) is 6.29 Å². The van der Waals surface area contributed by atoms with Crippen molar-refractivity contribution >= 4 is 24.1 Å². The first-order chi connectivity index (χ1) is 13.9. The van der Waals surface area contributed by atoms with Crippen molar-refractivity contribution in [1.82, 2.24) is 0 Å². The third kappa shape index (κ3) is 13.0. The van der Waals surface area contributed by atoms with E-state index in [1.165, 1.54) is 6.92 Å². The van der Waals surface area contributed by atoms with Gasteiger partial charge in [-0.25, -0.2) is 19.2 Å². The van der Waals surface area contributed by atoms with Gasteiger partial charge in [-0.3, -0.25) is 0 Å².